The number of aromatic hydroxyl groups is 4. The highest BCUT2D eigenvalue weighted by Crippen LogP contribution is 2.38. The minimum absolute atomic E-state index is 0.0577. The Balaban J connectivity index is 2.60. The highest BCUT2D eigenvalue weighted by molar-refractivity contribution is 6.06. The summed E-state index contributed by atoms with van der Waals surface area (Å²) in [5, 5.41) is 41.2. The Morgan fingerprint density at radius 2 is 1.13 bits per heavy atom. The molecule has 0 saturated heterocycles. The molecule has 2 aromatic heterocycles. The predicted octanol–water partition coefficient (Wildman–Crippen LogP) is 2.18. The molecule has 4 N–H and O–H groups in total. The van der Waals surface area contributed by atoms with E-state index in [-0.39, 0.29) is 36.2 Å². The largest absolute Gasteiger partial charge is 0.494 e. The van der Waals surface area contributed by atoms with Crippen molar-refractivity contribution in [2.75, 3.05) is 16.5 Å². The van der Waals surface area contributed by atoms with Crippen LogP contribution in [0.2, 0.25) is 0 Å². The molecule has 2 aromatic rings. The number of anilines is 2. The number of rotatable bonds is 10. The molecule has 0 spiro atoms. The molecule has 0 unspecified atom stereocenters. The van der Waals surface area contributed by atoms with Gasteiger partial charge in [-0.2, -0.15) is 0 Å². The molecular weight excluding hydrogens is 404 g/mol. The van der Waals surface area contributed by atoms with Gasteiger partial charge in [0.1, 0.15) is 18.0 Å². The van der Waals surface area contributed by atoms with Crippen LogP contribution in [0.5, 0.6) is 23.5 Å². The van der Waals surface area contributed by atoms with Gasteiger partial charge in [-0.15, -0.1) is 13.2 Å². The maximum atomic E-state index is 12.6. The fourth-order valence-corrected chi connectivity index (χ4v) is 2.93. The summed E-state index contributed by atoms with van der Waals surface area (Å²) < 4.78 is 2.18. The van der Waals surface area contributed by atoms with E-state index in [9.17, 15) is 30.0 Å². The van der Waals surface area contributed by atoms with Gasteiger partial charge >= 0.3 is 0 Å². The van der Waals surface area contributed by atoms with Crippen LogP contribution in [0.15, 0.2) is 62.8 Å². The summed E-state index contributed by atoms with van der Waals surface area (Å²) in [6, 6.07) is 2.27. The Morgan fingerprint density at radius 3 is 1.42 bits per heavy atom. The number of carbonyl (C=O) groups is 2. The number of allylic oxidation sites excluding steroid dienone is 2. The predicted molar refractivity (Wildman–Crippen MR) is 116 cm³/mol. The van der Waals surface area contributed by atoms with E-state index < -0.39 is 30.2 Å². The third-order valence-electron chi connectivity index (χ3n) is 4.42. The average Bonchev–Trinajstić information content (AvgIpc) is 3.19. The van der Waals surface area contributed by atoms with E-state index >= 15 is 0 Å². The van der Waals surface area contributed by atoms with Gasteiger partial charge in [-0.1, -0.05) is 25.3 Å². The van der Waals surface area contributed by atoms with Gasteiger partial charge in [0.15, 0.2) is 11.8 Å². The van der Waals surface area contributed by atoms with Gasteiger partial charge in [0.25, 0.3) is 11.8 Å². The van der Waals surface area contributed by atoms with Gasteiger partial charge in [-0.25, -0.2) is 0 Å². The summed E-state index contributed by atoms with van der Waals surface area (Å²) in [5.41, 5.74) is -0.222. The van der Waals surface area contributed by atoms with Crippen LogP contribution in [0.3, 0.4) is 0 Å². The van der Waals surface area contributed by atoms with Gasteiger partial charge in [0, 0.05) is 25.2 Å². The number of carbonyl (C=O) groups excluding carboxylic acids is 2. The highest BCUT2D eigenvalue weighted by Gasteiger charge is 2.29. The Kier molecular flexibility index (Phi) is 6.99. The zero-order valence-corrected chi connectivity index (χ0v) is 16.8. The molecule has 0 radical (unpaired) electrons. The lowest BCUT2D eigenvalue weighted by molar-refractivity contribution is -0.115. The first-order chi connectivity index (χ1) is 14.7. The molecule has 31 heavy (non-hydrogen) atoms. The van der Waals surface area contributed by atoms with Crippen LogP contribution < -0.4 is 9.80 Å². The van der Waals surface area contributed by atoms with Crippen LogP contribution >= 0.6 is 0 Å². The van der Waals surface area contributed by atoms with Gasteiger partial charge < -0.3 is 20.4 Å². The zero-order chi connectivity index (χ0) is 23.3. The van der Waals surface area contributed by atoms with E-state index in [0.29, 0.717) is 0 Å². The molecule has 0 saturated carbocycles. The molecule has 0 fully saturated rings. The normalized spacial score (nSPS) is 10.3. The third-order valence-corrected chi connectivity index (χ3v) is 4.42. The summed E-state index contributed by atoms with van der Waals surface area (Å²) in [4.78, 5) is 27.1. The van der Waals surface area contributed by atoms with Crippen LogP contribution in [0.4, 0.5) is 11.4 Å². The number of amides is 2. The molecule has 10 nitrogen and oxygen atoms in total. The minimum atomic E-state index is -0.706. The first-order valence-electron chi connectivity index (χ1n) is 9.04. The van der Waals surface area contributed by atoms with Gasteiger partial charge in [0.05, 0.1) is 0 Å². The molecule has 2 rings (SSSR count). The second-order valence-electron chi connectivity index (χ2n) is 6.30. The fourth-order valence-electron chi connectivity index (χ4n) is 2.93. The summed E-state index contributed by atoms with van der Waals surface area (Å²) in [5.74, 6) is -2.99. The first-order valence-corrected chi connectivity index (χ1v) is 9.04. The molecule has 0 aliphatic carbocycles. The monoisotopic (exact) mass is 428 g/mol. The topological polar surface area (TPSA) is 131 Å². The zero-order valence-electron chi connectivity index (χ0n) is 16.8. The van der Waals surface area contributed by atoms with Crippen molar-refractivity contribution in [1.29, 1.82) is 0 Å². The molecular formula is C21H24N4O6. The summed E-state index contributed by atoms with van der Waals surface area (Å²) >= 11 is 0. The number of hydrogen-bond acceptors (Lipinski definition) is 6. The van der Waals surface area contributed by atoms with Crippen molar-refractivity contribution in [3.8, 4) is 23.5 Å². The summed E-state index contributed by atoms with van der Waals surface area (Å²) in [6.45, 7) is 13.5. The molecule has 2 heterocycles. The Labute approximate surface area is 178 Å². The van der Waals surface area contributed by atoms with E-state index in [0.717, 1.165) is 43.2 Å². The number of aromatic nitrogens is 2. The van der Waals surface area contributed by atoms with E-state index in [4.69, 9.17) is 0 Å². The number of nitrogens with zero attached hydrogens (tertiary/aromatic N) is 4. The molecule has 164 valence electrons. The SMILES string of the molecule is C=CCn1c(O)cc(N(CN(C(=O)C=C)c2cc(O)n(CC=C)c2O)C(=O)C=C)c1O. The van der Waals surface area contributed by atoms with Crippen molar-refractivity contribution in [2.24, 2.45) is 0 Å². The molecule has 0 aliphatic rings. The molecule has 10 heteroatoms. The lowest BCUT2D eigenvalue weighted by Gasteiger charge is -2.28. The fraction of sp³-hybridized carbons (Fsp3) is 0.143. The highest BCUT2D eigenvalue weighted by atomic mass is 16.3. The second-order valence-corrected chi connectivity index (χ2v) is 6.30. The van der Waals surface area contributed by atoms with Crippen LogP contribution in [0, 0.1) is 0 Å². The second kappa shape index (κ2) is 9.44. The first kappa shape index (κ1) is 22.9. The van der Waals surface area contributed by atoms with E-state index in [1.54, 1.807) is 0 Å². The van der Waals surface area contributed by atoms with Crippen molar-refractivity contribution >= 4 is 23.2 Å². The van der Waals surface area contributed by atoms with Crippen LogP contribution in [-0.2, 0) is 22.7 Å². The lowest BCUT2D eigenvalue weighted by atomic mass is 10.3. The van der Waals surface area contributed by atoms with Gasteiger partial charge in [-0.05, 0) is 12.2 Å². The van der Waals surface area contributed by atoms with Crippen LogP contribution in [0.1, 0.15) is 0 Å². The maximum absolute atomic E-state index is 12.6. The molecule has 0 aliphatic heterocycles. The van der Waals surface area contributed by atoms with E-state index in [2.05, 4.69) is 26.3 Å². The molecule has 2 amide bonds. The Morgan fingerprint density at radius 1 is 0.774 bits per heavy atom. The van der Waals surface area contributed by atoms with Gasteiger partial charge in [0.2, 0.25) is 11.8 Å². The average molecular weight is 428 g/mol. The summed E-state index contributed by atoms with van der Waals surface area (Å²) in [7, 11) is 0. The van der Waals surface area contributed by atoms with Crippen molar-refractivity contribution in [3.63, 3.8) is 0 Å². The van der Waals surface area contributed by atoms with Crippen molar-refractivity contribution in [2.45, 2.75) is 13.1 Å². The smallest absolute Gasteiger partial charge is 0.252 e. The maximum Gasteiger partial charge on any atom is 0.252 e. The lowest BCUT2D eigenvalue weighted by Crippen LogP contribution is -2.43. The van der Waals surface area contributed by atoms with Crippen molar-refractivity contribution in [3.05, 3.63) is 62.8 Å². The molecule has 0 atom stereocenters. The van der Waals surface area contributed by atoms with Gasteiger partial charge in [-0.3, -0.25) is 28.5 Å². The van der Waals surface area contributed by atoms with Crippen molar-refractivity contribution in [1.82, 2.24) is 9.13 Å². The summed E-state index contributed by atoms with van der Waals surface area (Å²) in [6.07, 6.45) is 4.77. The Hall–Kier alpha value is -4.34. The Bertz CT molecular complexity index is 967. The molecule has 0 aromatic carbocycles. The van der Waals surface area contributed by atoms with E-state index in [1.165, 1.54) is 12.2 Å². The van der Waals surface area contributed by atoms with Crippen LogP contribution in [0.25, 0.3) is 0 Å². The van der Waals surface area contributed by atoms with E-state index in [1.807, 2.05) is 0 Å². The molecule has 0 bridgehead atoms. The third kappa shape index (κ3) is 4.32. The number of hydrogen-bond donors (Lipinski definition) is 4. The quantitative estimate of drug-likeness (QED) is 0.261. The standard InChI is InChI=1S/C21H24N4O6/c1-5-9-22-18(28)11-14(20(22)30)24(16(26)7-3)13-25(17(27)8-4)15-12-19(29)23(10-6-2)21(15)31/h5-8,11-12,28-31H,1-4,9-10,13H2. The van der Waals surface area contributed by atoms with Crippen LogP contribution in [-0.4, -0.2) is 48.0 Å². The van der Waals surface area contributed by atoms with Crippen molar-refractivity contribution < 1.29 is 30.0 Å². The minimum Gasteiger partial charge on any atom is -0.494 e.